The van der Waals surface area contributed by atoms with Gasteiger partial charge in [-0.15, -0.1) is 0 Å². The van der Waals surface area contributed by atoms with Crippen LogP contribution in [0.4, 0.5) is 5.69 Å². The van der Waals surface area contributed by atoms with Gasteiger partial charge in [0.1, 0.15) is 0 Å². The summed E-state index contributed by atoms with van der Waals surface area (Å²) in [4.78, 5) is 2.41. The standard InChI is InChI=1S/C20H23N3O4S/c1-26-19-6-5-17(14-20(19)27-2)28(24,25)23-10-7-15-3-4-16(13-18(15)23)22-11-8-21-9-12-22/h3-7,10,13-14,21H,8-9,11-12H2,1-2H3. The summed E-state index contributed by atoms with van der Waals surface area (Å²) in [6.07, 6.45) is 1.60. The highest BCUT2D eigenvalue weighted by Gasteiger charge is 2.22. The van der Waals surface area contributed by atoms with E-state index in [0.717, 1.165) is 37.3 Å². The van der Waals surface area contributed by atoms with Gasteiger partial charge in [-0.3, -0.25) is 0 Å². The van der Waals surface area contributed by atoms with E-state index in [9.17, 15) is 8.42 Å². The van der Waals surface area contributed by atoms with Crippen LogP contribution in [0, 0.1) is 0 Å². The topological polar surface area (TPSA) is 72.8 Å². The molecule has 1 aliphatic heterocycles. The molecule has 4 rings (SSSR count). The minimum absolute atomic E-state index is 0.148. The number of nitrogens with zero attached hydrogens (tertiary/aromatic N) is 2. The zero-order valence-corrected chi connectivity index (χ0v) is 16.7. The van der Waals surface area contributed by atoms with Crippen molar-refractivity contribution >= 4 is 26.6 Å². The third-order valence-corrected chi connectivity index (χ3v) is 6.72. The van der Waals surface area contributed by atoms with Crippen molar-refractivity contribution in [1.82, 2.24) is 9.29 Å². The zero-order valence-electron chi connectivity index (χ0n) is 15.9. The molecule has 1 saturated heterocycles. The molecule has 0 bridgehead atoms. The second-order valence-corrected chi connectivity index (χ2v) is 8.43. The Hall–Kier alpha value is -2.71. The summed E-state index contributed by atoms with van der Waals surface area (Å²) < 4.78 is 38.4. The maximum atomic E-state index is 13.3. The number of aromatic nitrogens is 1. The number of hydrogen-bond donors (Lipinski definition) is 1. The molecule has 0 aliphatic carbocycles. The first kappa shape index (κ1) is 18.6. The zero-order chi connectivity index (χ0) is 19.7. The summed E-state index contributed by atoms with van der Waals surface area (Å²) in [6, 6.07) is 12.4. The molecular formula is C20H23N3O4S. The lowest BCUT2D eigenvalue weighted by Gasteiger charge is -2.29. The smallest absolute Gasteiger partial charge is 0.268 e. The Morgan fingerprint density at radius 1 is 0.929 bits per heavy atom. The molecule has 1 fully saturated rings. The van der Waals surface area contributed by atoms with Crippen LogP contribution in [0.1, 0.15) is 0 Å². The molecule has 148 valence electrons. The normalized spacial score (nSPS) is 15.0. The predicted octanol–water partition coefficient (Wildman–Crippen LogP) is 2.31. The van der Waals surface area contributed by atoms with Gasteiger partial charge < -0.3 is 19.7 Å². The van der Waals surface area contributed by atoms with Crippen LogP contribution in [0.5, 0.6) is 11.5 Å². The molecule has 0 unspecified atom stereocenters. The first-order valence-corrected chi connectivity index (χ1v) is 10.5. The summed E-state index contributed by atoms with van der Waals surface area (Å²) in [5.41, 5.74) is 1.68. The van der Waals surface area contributed by atoms with E-state index in [1.807, 2.05) is 24.3 Å². The quantitative estimate of drug-likeness (QED) is 0.707. The molecule has 2 heterocycles. The fourth-order valence-corrected chi connectivity index (χ4v) is 4.87. The van der Waals surface area contributed by atoms with Crippen molar-refractivity contribution in [2.45, 2.75) is 4.90 Å². The van der Waals surface area contributed by atoms with Crippen LogP contribution < -0.4 is 19.7 Å². The van der Waals surface area contributed by atoms with Crippen LogP contribution in [0.3, 0.4) is 0 Å². The SMILES string of the molecule is COc1ccc(S(=O)(=O)n2ccc3ccc(N4CCNCC4)cc32)cc1OC. The highest BCUT2D eigenvalue weighted by atomic mass is 32.2. The molecular weight excluding hydrogens is 378 g/mol. The molecule has 1 N–H and O–H groups in total. The van der Waals surface area contributed by atoms with Gasteiger partial charge in [0.15, 0.2) is 11.5 Å². The van der Waals surface area contributed by atoms with Crippen molar-refractivity contribution in [3.8, 4) is 11.5 Å². The van der Waals surface area contributed by atoms with Crippen LogP contribution in [0.2, 0.25) is 0 Å². The van der Waals surface area contributed by atoms with Crippen molar-refractivity contribution in [3.63, 3.8) is 0 Å². The Morgan fingerprint density at radius 3 is 2.39 bits per heavy atom. The maximum Gasteiger partial charge on any atom is 0.268 e. The van der Waals surface area contributed by atoms with E-state index in [2.05, 4.69) is 10.2 Å². The third-order valence-electron chi connectivity index (χ3n) is 5.03. The van der Waals surface area contributed by atoms with E-state index < -0.39 is 10.0 Å². The number of methoxy groups -OCH3 is 2. The van der Waals surface area contributed by atoms with Gasteiger partial charge in [0, 0.05) is 49.5 Å². The number of rotatable bonds is 5. The molecule has 0 spiro atoms. The first-order valence-electron chi connectivity index (χ1n) is 9.09. The molecule has 7 nitrogen and oxygen atoms in total. The maximum absolute atomic E-state index is 13.3. The highest BCUT2D eigenvalue weighted by Crippen LogP contribution is 2.32. The minimum Gasteiger partial charge on any atom is -0.493 e. The van der Waals surface area contributed by atoms with Crippen molar-refractivity contribution in [3.05, 3.63) is 48.7 Å². The van der Waals surface area contributed by atoms with E-state index in [-0.39, 0.29) is 4.90 Å². The van der Waals surface area contributed by atoms with Gasteiger partial charge in [0.05, 0.1) is 24.6 Å². The number of benzene rings is 2. The Labute approximate surface area is 164 Å². The number of fused-ring (bicyclic) bond motifs is 1. The Morgan fingerprint density at radius 2 is 1.68 bits per heavy atom. The van der Waals surface area contributed by atoms with Crippen molar-refractivity contribution in [2.75, 3.05) is 45.3 Å². The average Bonchev–Trinajstić information content (AvgIpc) is 3.18. The fourth-order valence-electron chi connectivity index (χ4n) is 3.51. The van der Waals surface area contributed by atoms with Gasteiger partial charge in [0.2, 0.25) is 0 Å². The Kier molecular flexibility index (Phi) is 4.91. The Bertz CT molecular complexity index is 1100. The number of nitrogens with one attached hydrogen (secondary N) is 1. The number of ether oxygens (including phenoxy) is 2. The van der Waals surface area contributed by atoms with Gasteiger partial charge in [-0.1, -0.05) is 6.07 Å². The molecule has 8 heteroatoms. The lowest BCUT2D eigenvalue weighted by molar-refractivity contribution is 0.354. The van der Waals surface area contributed by atoms with Gasteiger partial charge in [0.25, 0.3) is 10.0 Å². The summed E-state index contributed by atoms with van der Waals surface area (Å²) in [7, 11) is -0.775. The van der Waals surface area contributed by atoms with E-state index in [0.29, 0.717) is 17.0 Å². The second kappa shape index (κ2) is 7.37. The van der Waals surface area contributed by atoms with Gasteiger partial charge in [-0.2, -0.15) is 0 Å². The largest absolute Gasteiger partial charge is 0.493 e. The van der Waals surface area contributed by atoms with Crippen molar-refractivity contribution in [2.24, 2.45) is 0 Å². The molecule has 0 radical (unpaired) electrons. The molecule has 0 atom stereocenters. The molecule has 1 aliphatic rings. The van der Waals surface area contributed by atoms with Crippen LogP contribution in [-0.2, 0) is 10.0 Å². The minimum atomic E-state index is -3.78. The van der Waals surface area contributed by atoms with Crippen molar-refractivity contribution in [1.29, 1.82) is 0 Å². The number of piperazine rings is 1. The van der Waals surface area contributed by atoms with Gasteiger partial charge >= 0.3 is 0 Å². The fraction of sp³-hybridized carbons (Fsp3) is 0.300. The Balaban J connectivity index is 1.79. The van der Waals surface area contributed by atoms with Crippen LogP contribution in [-0.4, -0.2) is 52.8 Å². The van der Waals surface area contributed by atoms with E-state index in [4.69, 9.17) is 9.47 Å². The predicted molar refractivity (Wildman–Crippen MR) is 109 cm³/mol. The second-order valence-electron chi connectivity index (χ2n) is 6.61. The van der Waals surface area contributed by atoms with Crippen LogP contribution in [0.25, 0.3) is 10.9 Å². The van der Waals surface area contributed by atoms with Crippen molar-refractivity contribution < 1.29 is 17.9 Å². The lowest BCUT2D eigenvalue weighted by Crippen LogP contribution is -2.43. The van der Waals surface area contributed by atoms with E-state index in [1.165, 1.54) is 30.3 Å². The van der Waals surface area contributed by atoms with Gasteiger partial charge in [-0.25, -0.2) is 12.4 Å². The average molecular weight is 401 g/mol. The summed E-state index contributed by atoms with van der Waals surface area (Å²) in [5, 5.41) is 4.21. The first-order chi connectivity index (χ1) is 13.5. The summed E-state index contributed by atoms with van der Waals surface area (Å²) in [5.74, 6) is 0.862. The molecule has 0 amide bonds. The third kappa shape index (κ3) is 3.18. The van der Waals surface area contributed by atoms with Crippen LogP contribution in [0.15, 0.2) is 53.6 Å². The highest BCUT2D eigenvalue weighted by molar-refractivity contribution is 7.90. The molecule has 2 aromatic carbocycles. The summed E-state index contributed by atoms with van der Waals surface area (Å²) in [6.45, 7) is 3.63. The molecule has 3 aromatic rings. The molecule has 28 heavy (non-hydrogen) atoms. The molecule has 1 aromatic heterocycles. The van der Waals surface area contributed by atoms with Gasteiger partial charge in [-0.05, 0) is 30.3 Å². The monoisotopic (exact) mass is 401 g/mol. The van der Waals surface area contributed by atoms with E-state index in [1.54, 1.807) is 12.3 Å². The molecule has 0 saturated carbocycles. The lowest BCUT2D eigenvalue weighted by atomic mass is 10.2. The van der Waals surface area contributed by atoms with Crippen LogP contribution >= 0.6 is 0 Å². The summed E-state index contributed by atoms with van der Waals surface area (Å²) >= 11 is 0. The number of hydrogen-bond acceptors (Lipinski definition) is 6. The van der Waals surface area contributed by atoms with E-state index >= 15 is 0 Å². The number of anilines is 1.